The number of carboxylic acid groups (broad SMARTS) is 2. The molecule has 38 N–H and O–H groups in total. The van der Waals surface area contributed by atoms with Gasteiger partial charge in [0.15, 0.2) is 50.3 Å². The van der Waals surface area contributed by atoms with Crippen molar-refractivity contribution in [1.29, 1.82) is 0 Å². The molecule has 62 nitrogen and oxygen atoms in total. The number of phosphoric ester groups is 2. The summed E-state index contributed by atoms with van der Waals surface area (Å²) in [6, 6.07) is -5.99. The van der Waals surface area contributed by atoms with Crippen molar-refractivity contribution in [2.24, 2.45) is 11.5 Å². The van der Waals surface area contributed by atoms with Gasteiger partial charge in [0.1, 0.15) is 220 Å². The fraction of sp³-hybridized carbons (Fsp3) is 0.955. The number of amides is 1. The van der Waals surface area contributed by atoms with Crippen molar-refractivity contribution in [1.82, 2.24) is 5.32 Å². The first-order valence-electron chi connectivity index (χ1n) is 39.9. The number of aliphatic hydroxyl groups is 27. The zero-order chi connectivity index (χ0) is 96.5. The van der Waals surface area contributed by atoms with Gasteiger partial charge in [-0.2, -0.15) is 0 Å². The second-order valence-corrected chi connectivity index (χ2v) is 34.4. The van der Waals surface area contributed by atoms with Crippen LogP contribution in [0.5, 0.6) is 0 Å². The molecule has 50 unspecified atom stereocenters. The number of hydrogen-bond donors (Lipinski definition) is 36. The van der Waals surface area contributed by atoms with Crippen molar-refractivity contribution < 1.29 is 290 Å². The molecule has 10 saturated heterocycles. The van der Waals surface area contributed by atoms with Crippen LogP contribution in [-0.4, -0.2) is 557 Å². The van der Waals surface area contributed by atoms with Crippen LogP contribution in [-0.2, 0) is 123 Å². The number of nitrogens with two attached hydrogens (primary N) is 2. The average molecular weight is 1950 g/mol. The largest absolute Gasteiger partial charge is 0.477 e. The van der Waals surface area contributed by atoms with Crippen molar-refractivity contribution in [2.45, 2.75) is 326 Å². The molecule has 64 heteroatoms. The average Bonchev–Trinajstić information content (AvgIpc) is 0.737. The number of nitrogens with one attached hydrogen (secondary N) is 1. The summed E-state index contributed by atoms with van der Waals surface area (Å²) >= 11 is 0. The van der Waals surface area contributed by atoms with Crippen LogP contribution in [0.1, 0.15) is 19.8 Å². The van der Waals surface area contributed by atoms with E-state index in [1.54, 1.807) is 0 Å². The summed E-state index contributed by atoms with van der Waals surface area (Å²) < 4.78 is 147. The highest BCUT2D eigenvalue weighted by molar-refractivity contribution is 7.46. The van der Waals surface area contributed by atoms with Crippen molar-refractivity contribution >= 4 is 33.5 Å². The SMILES string of the molecule is CC(=O)NC1C(OC2C(OC3C(COC4OC(CO)C(O)C(O)C4OC4OC(CO)C(O)C(O)C4O)OC(OC4C(OC5(C(=O)O)CC(O)C(O)C(C(O)CO)O5)CC(OCC5OC(OCC6OC(OP(=O)(O)O)C(N)C(O)C6O)C(N)C(O)C5OP(=O)(O)O)(C(=O)O)OC4C(O)CO)C(O)C3OC3OC(CO)C(O)C(O)C3O)OC(CO)C(O)C2O)OC(CO)C(O)C1O. The minimum atomic E-state index is -5.98. The van der Waals surface area contributed by atoms with Crippen molar-refractivity contribution in [3.05, 3.63) is 0 Å². The van der Waals surface area contributed by atoms with Gasteiger partial charge in [-0.15, -0.1) is 0 Å². The Morgan fingerprint density at radius 3 is 1.27 bits per heavy atom. The summed E-state index contributed by atoms with van der Waals surface area (Å²) in [7, 11) is -11.5. The Hall–Kier alpha value is -3.29. The van der Waals surface area contributed by atoms with Crippen LogP contribution < -0.4 is 16.8 Å². The van der Waals surface area contributed by atoms with E-state index in [0.717, 1.165) is 6.92 Å². The van der Waals surface area contributed by atoms with Gasteiger partial charge in [0.2, 0.25) is 5.91 Å². The van der Waals surface area contributed by atoms with Crippen LogP contribution in [0.3, 0.4) is 0 Å². The van der Waals surface area contributed by atoms with E-state index < -0.39 is 418 Å². The van der Waals surface area contributed by atoms with Crippen LogP contribution in [0.4, 0.5) is 0 Å². The first kappa shape index (κ1) is 109. The molecule has 0 aromatic carbocycles. The maximum absolute atomic E-state index is 14.4. The monoisotopic (exact) mass is 1950 g/mol. The van der Waals surface area contributed by atoms with E-state index in [4.69, 9.17) is 106 Å². The third-order valence-electron chi connectivity index (χ3n) is 23.1. The standard InChI is InChI=1S/C66H113N3O59P2/c1-14(77)69-29-39(90)31(82)19(6-72)111-57(29)122-54-43(94)35(86)23(10-76)115-62(54)120-51-25(12-109-61-53(42(93)34(85)22(9-75)114-61)123-59-45(96)41(92)33(84)21(8-74)113-59)118-60(46(97)52(51)121-58-44(95)40(91)32(83)20(7-73)112-58)119-50-18(124-66(64(100)101)2-15(78)30(81)47(125-66)16(79)4-70)3-65(63(98)99,126-48(50)17(80)5-71)110-13-26-49(127-129(102,103)104)38(89)28(68)55(117-26)108-11-24-36(87)37(88)27(67)56(116-24)128-130(105,106)107/h15-62,70-76,78-97H,2-13,67-68H2,1H3,(H,69,77)(H,98,99)(H,100,101)(H2,102,103,104)(H2,105,106,107). The number of rotatable bonds is 37. The third kappa shape index (κ3) is 24.0. The molecule has 0 saturated carbocycles. The highest BCUT2D eigenvalue weighted by Crippen LogP contribution is 2.48. The number of phosphoric acid groups is 2. The first-order valence-corrected chi connectivity index (χ1v) is 43.0. The fourth-order valence-electron chi connectivity index (χ4n) is 16.0. The third-order valence-corrected chi connectivity index (χ3v) is 24.1. The predicted molar refractivity (Wildman–Crippen MR) is 389 cm³/mol. The molecule has 50 atom stereocenters. The Morgan fingerprint density at radius 1 is 0.377 bits per heavy atom. The number of carbonyl (C=O) groups excluding carboxylic acids is 1. The molecule has 0 radical (unpaired) electrons. The van der Waals surface area contributed by atoms with E-state index in [2.05, 4.69) is 9.84 Å². The smallest absolute Gasteiger partial charge is 0.471 e. The van der Waals surface area contributed by atoms with Gasteiger partial charge in [-0.25, -0.2) is 18.7 Å². The lowest BCUT2D eigenvalue weighted by Gasteiger charge is -2.53. The fourth-order valence-corrected chi connectivity index (χ4v) is 17.1. The summed E-state index contributed by atoms with van der Waals surface area (Å²) in [5.41, 5.74) is 12.0. The van der Waals surface area contributed by atoms with E-state index in [-0.39, 0.29) is 0 Å². The normalized spacial score (nSPS) is 48.3. The maximum Gasteiger partial charge on any atom is 0.471 e. The van der Waals surface area contributed by atoms with Gasteiger partial charge < -0.3 is 274 Å². The molecule has 10 heterocycles. The van der Waals surface area contributed by atoms with E-state index >= 15 is 0 Å². The molecule has 0 aliphatic carbocycles. The highest BCUT2D eigenvalue weighted by atomic mass is 31.2. The summed E-state index contributed by atoms with van der Waals surface area (Å²) in [5, 5.41) is 327. The number of carbonyl (C=O) groups is 3. The van der Waals surface area contributed by atoms with Crippen LogP contribution >= 0.6 is 15.6 Å². The minimum absolute atomic E-state index is 0.887. The zero-order valence-corrected chi connectivity index (χ0v) is 69.4. The van der Waals surface area contributed by atoms with Crippen LogP contribution in [0, 0.1) is 0 Å². The lowest BCUT2D eigenvalue weighted by Crippen LogP contribution is -2.71. The second-order valence-electron chi connectivity index (χ2n) is 32.0. The summed E-state index contributed by atoms with van der Waals surface area (Å²) in [6.45, 7) is -12.8. The first-order chi connectivity index (χ1) is 60.9. The van der Waals surface area contributed by atoms with E-state index in [9.17, 15) is 191 Å². The Balaban J connectivity index is 1.12. The highest BCUT2D eigenvalue weighted by Gasteiger charge is 2.66. The molecule has 10 aliphatic rings. The lowest BCUT2D eigenvalue weighted by molar-refractivity contribution is -0.419. The molecular formula is C66H113N3O59P2. The van der Waals surface area contributed by atoms with Gasteiger partial charge in [0.25, 0.3) is 11.6 Å². The molecule has 1 amide bonds. The van der Waals surface area contributed by atoms with E-state index in [1.807, 2.05) is 0 Å². The van der Waals surface area contributed by atoms with Gasteiger partial charge in [0.05, 0.1) is 90.4 Å². The van der Waals surface area contributed by atoms with Gasteiger partial charge in [0, 0.05) is 19.8 Å². The number of hydrogen-bond acceptors (Lipinski definition) is 55. The molecule has 0 aromatic heterocycles. The van der Waals surface area contributed by atoms with Crippen molar-refractivity contribution in [3.63, 3.8) is 0 Å². The molecule has 0 bridgehead atoms. The van der Waals surface area contributed by atoms with Gasteiger partial charge in [-0.3, -0.25) is 13.8 Å². The van der Waals surface area contributed by atoms with Gasteiger partial charge in [-0.05, 0) is 0 Å². The van der Waals surface area contributed by atoms with Crippen LogP contribution in [0.25, 0.3) is 0 Å². The van der Waals surface area contributed by atoms with Crippen molar-refractivity contribution in [2.75, 3.05) is 66.1 Å². The number of aliphatic hydroxyl groups excluding tert-OH is 27. The number of carboxylic acids is 2. The molecule has 10 rings (SSSR count). The number of ether oxygens (including phenoxy) is 19. The van der Waals surface area contributed by atoms with Gasteiger partial charge >= 0.3 is 27.6 Å². The molecule has 0 spiro atoms. The Morgan fingerprint density at radius 2 is 0.762 bits per heavy atom. The Bertz CT molecular complexity index is 3690. The topological polar surface area (TPSA) is 1010 Å². The molecule has 756 valence electrons. The summed E-state index contributed by atoms with van der Waals surface area (Å²) in [6.07, 6.45) is -113. The predicted octanol–water partition coefficient (Wildman–Crippen LogP) is -22.8. The molecule has 10 fully saturated rings. The Labute approximate surface area is 730 Å². The van der Waals surface area contributed by atoms with Crippen LogP contribution in [0.2, 0.25) is 0 Å². The molecule has 130 heavy (non-hydrogen) atoms. The molecule has 10 aliphatic heterocycles. The van der Waals surface area contributed by atoms with E-state index in [1.165, 1.54) is 0 Å². The second kappa shape index (κ2) is 45.3. The van der Waals surface area contributed by atoms with E-state index in [0.29, 0.717) is 0 Å². The minimum Gasteiger partial charge on any atom is -0.477 e. The molecular weight excluding hydrogens is 1840 g/mol. The molecule has 0 aromatic rings. The summed E-state index contributed by atoms with van der Waals surface area (Å²) in [4.78, 5) is 80.7. The maximum atomic E-state index is 14.4. The Kier molecular flexibility index (Phi) is 37.9. The van der Waals surface area contributed by atoms with Crippen molar-refractivity contribution in [3.8, 4) is 0 Å². The van der Waals surface area contributed by atoms with Crippen LogP contribution in [0.15, 0.2) is 0 Å². The lowest BCUT2D eigenvalue weighted by atomic mass is 9.89. The number of aliphatic carboxylic acids is 2. The zero-order valence-electron chi connectivity index (χ0n) is 67.6. The van der Waals surface area contributed by atoms with Gasteiger partial charge in [-0.1, -0.05) is 0 Å². The quantitative estimate of drug-likeness (QED) is 0.0257. The summed E-state index contributed by atoms with van der Waals surface area (Å²) in [5.74, 6) is -13.6.